The highest BCUT2D eigenvalue weighted by Gasteiger charge is 2.32. The summed E-state index contributed by atoms with van der Waals surface area (Å²) in [6, 6.07) is 8.10. The zero-order chi connectivity index (χ0) is 31.1. The van der Waals surface area contributed by atoms with Gasteiger partial charge < -0.3 is 14.2 Å². The number of amides is 1. The van der Waals surface area contributed by atoms with E-state index >= 15 is 0 Å². The number of aryl methyl sites for hydroxylation is 6. The molecule has 1 aliphatic carbocycles. The van der Waals surface area contributed by atoms with Crippen molar-refractivity contribution in [3.8, 4) is 16.9 Å². The van der Waals surface area contributed by atoms with E-state index in [1.54, 1.807) is 0 Å². The molecule has 1 amide bonds. The summed E-state index contributed by atoms with van der Waals surface area (Å²) in [5.74, 6) is 1.58. The van der Waals surface area contributed by atoms with Crippen LogP contribution in [0.15, 0.2) is 24.3 Å². The van der Waals surface area contributed by atoms with Crippen molar-refractivity contribution in [2.75, 3.05) is 19.7 Å². The molecule has 1 aliphatic heterocycles. The Balaban J connectivity index is 1.41. The number of hydrogen-bond donors (Lipinski definition) is 0. The zero-order valence-corrected chi connectivity index (χ0v) is 28.2. The van der Waals surface area contributed by atoms with Crippen LogP contribution in [0.4, 0.5) is 0 Å². The maximum absolute atomic E-state index is 14.5. The van der Waals surface area contributed by atoms with Gasteiger partial charge in [-0.25, -0.2) is 0 Å². The summed E-state index contributed by atoms with van der Waals surface area (Å²) in [7, 11) is 1.97. The van der Waals surface area contributed by atoms with Gasteiger partial charge in [-0.3, -0.25) is 9.48 Å². The van der Waals surface area contributed by atoms with E-state index in [2.05, 4.69) is 22.5 Å². The van der Waals surface area contributed by atoms with Crippen LogP contribution in [0, 0.1) is 33.6 Å². The Morgan fingerprint density at radius 2 is 1.68 bits per heavy atom. The maximum atomic E-state index is 14.5. The minimum absolute atomic E-state index is 0.158. The fraction of sp³-hybridized carbons (Fsp3) is 0.500. The molecule has 0 atom stereocenters. The first-order valence-corrected chi connectivity index (χ1v) is 16.9. The molecule has 6 nitrogen and oxygen atoms in total. The van der Waals surface area contributed by atoms with E-state index in [1.165, 1.54) is 32.1 Å². The molecule has 2 aromatic heterocycles. The number of ether oxygens (including phenoxy) is 1. The molecule has 4 aromatic rings. The van der Waals surface area contributed by atoms with E-state index in [0.717, 1.165) is 105 Å². The van der Waals surface area contributed by atoms with Crippen LogP contribution in [0.25, 0.3) is 22.0 Å². The van der Waals surface area contributed by atoms with Crippen LogP contribution in [0.2, 0.25) is 10.0 Å². The van der Waals surface area contributed by atoms with Gasteiger partial charge in [0.1, 0.15) is 11.4 Å². The average Bonchev–Trinajstić information content (AvgIpc) is 3.38. The van der Waals surface area contributed by atoms with Crippen LogP contribution < -0.4 is 4.74 Å². The number of hydrogen-bond acceptors (Lipinski definition) is 3. The van der Waals surface area contributed by atoms with Gasteiger partial charge in [-0.2, -0.15) is 5.10 Å². The van der Waals surface area contributed by atoms with Gasteiger partial charge in [-0.05, 0) is 101 Å². The molecular formula is C36H44Cl2N4O2. The molecule has 2 aromatic carbocycles. The summed E-state index contributed by atoms with van der Waals surface area (Å²) in [5, 5.41) is 7.30. The summed E-state index contributed by atoms with van der Waals surface area (Å²) in [5.41, 5.74) is 9.06. The topological polar surface area (TPSA) is 52.3 Å². The summed E-state index contributed by atoms with van der Waals surface area (Å²) in [6.07, 6.45) is 8.75. The third-order valence-corrected chi connectivity index (χ3v) is 10.7. The van der Waals surface area contributed by atoms with Crippen molar-refractivity contribution in [1.29, 1.82) is 0 Å². The van der Waals surface area contributed by atoms with E-state index < -0.39 is 0 Å². The fourth-order valence-electron chi connectivity index (χ4n) is 7.54. The second kappa shape index (κ2) is 12.8. The number of halogens is 2. The van der Waals surface area contributed by atoms with Gasteiger partial charge in [0.15, 0.2) is 0 Å². The molecular weight excluding hydrogens is 591 g/mol. The van der Waals surface area contributed by atoms with Crippen molar-refractivity contribution in [3.63, 3.8) is 0 Å². The predicted molar refractivity (Wildman–Crippen MR) is 180 cm³/mol. The Morgan fingerprint density at radius 1 is 0.955 bits per heavy atom. The Hall–Kier alpha value is -2.96. The summed E-state index contributed by atoms with van der Waals surface area (Å²) in [4.78, 5) is 16.7. The predicted octanol–water partition coefficient (Wildman–Crippen LogP) is 9.02. The first kappa shape index (κ1) is 31.0. The van der Waals surface area contributed by atoms with Crippen molar-refractivity contribution in [3.05, 3.63) is 68.1 Å². The van der Waals surface area contributed by atoms with Gasteiger partial charge in [-0.15, -0.1) is 0 Å². The van der Waals surface area contributed by atoms with Crippen molar-refractivity contribution >= 4 is 40.0 Å². The molecule has 8 heteroatoms. The second-order valence-electron chi connectivity index (χ2n) is 12.9. The lowest BCUT2D eigenvalue weighted by Crippen LogP contribution is -2.36. The van der Waals surface area contributed by atoms with Crippen LogP contribution >= 0.6 is 23.2 Å². The van der Waals surface area contributed by atoms with Gasteiger partial charge in [0, 0.05) is 53.9 Å². The molecule has 1 saturated carbocycles. The highest BCUT2D eigenvalue weighted by molar-refractivity contribution is 6.35. The molecule has 6 rings (SSSR count). The molecule has 0 bridgehead atoms. The standard InChI is InChI=1S/C36H44Cl2N4O2/c1-22-19-27(20-23(2)33(22)38)44-18-9-13-28-29-14-15-30(37)32(31-24(3)39-40(5)25(31)4)34(29)42-17-10-16-41(36(43)35(28)42)21-26-11-7-6-8-12-26/h14-15,19-20,26H,6-13,16-18,21H2,1-5H3. The lowest BCUT2D eigenvalue weighted by atomic mass is 9.89. The van der Waals surface area contributed by atoms with Crippen molar-refractivity contribution in [2.24, 2.45) is 13.0 Å². The summed E-state index contributed by atoms with van der Waals surface area (Å²) < 4.78 is 10.4. The Kier molecular flexibility index (Phi) is 9.03. The number of rotatable bonds is 8. The summed E-state index contributed by atoms with van der Waals surface area (Å²) >= 11 is 13.4. The number of carbonyl (C=O) groups excluding carboxylic acids is 1. The lowest BCUT2D eigenvalue weighted by molar-refractivity contribution is 0.0716. The quantitative estimate of drug-likeness (QED) is 0.182. The van der Waals surface area contributed by atoms with Crippen molar-refractivity contribution in [1.82, 2.24) is 19.2 Å². The number of benzene rings is 2. The molecule has 0 unspecified atom stereocenters. The van der Waals surface area contributed by atoms with Crippen molar-refractivity contribution in [2.45, 2.75) is 85.6 Å². The fourth-order valence-corrected chi connectivity index (χ4v) is 7.90. The van der Waals surface area contributed by atoms with Crippen LogP contribution in [-0.4, -0.2) is 44.9 Å². The number of aromatic nitrogens is 3. The van der Waals surface area contributed by atoms with E-state index in [-0.39, 0.29) is 5.91 Å². The minimum atomic E-state index is 0.158. The van der Waals surface area contributed by atoms with Crippen LogP contribution in [0.3, 0.4) is 0 Å². The van der Waals surface area contributed by atoms with Crippen LogP contribution in [-0.2, 0) is 20.0 Å². The van der Waals surface area contributed by atoms with E-state index in [9.17, 15) is 4.79 Å². The van der Waals surface area contributed by atoms with E-state index in [4.69, 9.17) is 33.0 Å². The molecule has 0 saturated heterocycles. The SMILES string of the molecule is Cc1cc(OCCCc2c3n(c4c(-c5c(C)nn(C)c5C)c(Cl)ccc24)CCCN(CC2CCCCC2)C3=O)cc(C)c1Cl. The largest absolute Gasteiger partial charge is 0.494 e. The molecule has 1 fully saturated rings. The second-order valence-corrected chi connectivity index (χ2v) is 13.7. The number of carbonyl (C=O) groups is 1. The highest BCUT2D eigenvalue weighted by Crippen LogP contribution is 2.43. The molecule has 0 N–H and O–H groups in total. The first-order valence-electron chi connectivity index (χ1n) is 16.2. The zero-order valence-electron chi connectivity index (χ0n) is 26.7. The highest BCUT2D eigenvalue weighted by atomic mass is 35.5. The monoisotopic (exact) mass is 634 g/mol. The smallest absolute Gasteiger partial charge is 0.270 e. The van der Waals surface area contributed by atoms with Crippen LogP contribution in [0.5, 0.6) is 5.75 Å². The van der Waals surface area contributed by atoms with E-state index in [0.29, 0.717) is 17.5 Å². The average molecular weight is 636 g/mol. The maximum Gasteiger partial charge on any atom is 0.270 e. The third kappa shape index (κ3) is 5.76. The van der Waals surface area contributed by atoms with Gasteiger partial charge in [0.2, 0.25) is 0 Å². The lowest BCUT2D eigenvalue weighted by Gasteiger charge is -2.29. The molecule has 234 valence electrons. The van der Waals surface area contributed by atoms with Crippen LogP contribution in [0.1, 0.15) is 83.5 Å². The Morgan fingerprint density at radius 3 is 2.36 bits per heavy atom. The molecule has 3 heterocycles. The van der Waals surface area contributed by atoms with Gasteiger partial charge in [-0.1, -0.05) is 48.5 Å². The van der Waals surface area contributed by atoms with Crippen molar-refractivity contribution < 1.29 is 9.53 Å². The Bertz CT molecular complexity index is 1690. The number of nitrogens with zero attached hydrogens (tertiary/aromatic N) is 4. The Labute approximate surface area is 271 Å². The first-order chi connectivity index (χ1) is 21.2. The van der Waals surface area contributed by atoms with Gasteiger partial charge in [0.05, 0.1) is 22.8 Å². The molecule has 0 spiro atoms. The van der Waals surface area contributed by atoms with Gasteiger partial charge in [0.25, 0.3) is 5.91 Å². The van der Waals surface area contributed by atoms with E-state index in [1.807, 2.05) is 50.7 Å². The third-order valence-electron chi connectivity index (χ3n) is 9.79. The molecule has 2 aliphatic rings. The summed E-state index contributed by atoms with van der Waals surface area (Å²) in [6.45, 7) is 11.1. The normalized spacial score (nSPS) is 16.1. The minimum Gasteiger partial charge on any atom is -0.494 e. The number of fused-ring (bicyclic) bond motifs is 3. The molecule has 44 heavy (non-hydrogen) atoms. The molecule has 0 radical (unpaired) electrons. The van der Waals surface area contributed by atoms with Gasteiger partial charge >= 0.3 is 0 Å².